The zero-order valence-electron chi connectivity index (χ0n) is 20.0. The van der Waals surface area contributed by atoms with Crippen molar-refractivity contribution in [3.05, 3.63) is 29.3 Å². The maximum Gasteiger partial charge on any atom is 0.411 e. The van der Waals surface area contributed by atoms with Gasteiger partial charge in [0.05, 0.1) is 11.1 Å². The van der Waals surface area contributed by atoms with Crippen molar-refractivity contribution in [3.8, 4) is 0 Å². The van der Waals surface area contributed by atoms with E-state index in [0.717, 1.165) is 89.9 Å². The number of hydrogen-bond donors (Lipinski definition) is 1. The Labute approximate surface area is 201 Å². The van der Waals surface area contributed by atoms with Crippen molar-refractivity contribution in [2.75, 3.05) is 5.32 Å². The molecule has 7 heteroatoms. The maximum atomic E-state index is 12.9. The average molecular weight is 472 g/mol. The van der Waals surface area contributed by atoms with Crippen molar-refractivity contribution in [1.82, 2.24) is 0 Å². The minimum atomic E-state index is -0.573. The maximum absolute atomic E-state index is 12.9. The minimum Gasteiger partial charge on any atom is -0.459 e. The molecule has 3 saturated carbocycles. The van der Waals surface area contributed by atoms with Crippen LogP contribution in [0, 0.1) is 0 Å². The summed E-state index contributed by atoms with van der Waals surface area (Å²) in [5.41, 5.74) is 0.794. The first-order chi connectivity index (χ1) is 16.6. The van der Waals surface area contributed by atoms with E-state index in [2.05, 4.69) is 5.32 Å². The molecule has 3 fully saturated rings. The van der Waals surface area contributed by atoms with Crippen molar-refractivity contribution < 1.29 is 28.6 Å². The predicted molar refractivity (Wildman–Crippen MR) is 128 cm³/mol. The molecule has 0 spiro atoms. The zero-order chi connectivity index (χ0) is 23.8. The van der Waals surface area contributed by atoms with Crippen LogP contribution in [-0.2, 0) is 14.2 Å². The van der Waals surface area contributed by atoms with Crippen molar-refractivity contribution in [3.63, 3.8) is 0 Å². The average Bonchev–Trinajstić information content (AvgIpc) is 2.85. The smallest absolute Gasteiger partial charge is 0.411 e. The Morgan fingerprint density at radius 1 is 0.559 bits per heavy atom. The molecule has 3 aliphatic carbocycles. The number of esters is 2. The number of benzene rings is 1. The number of rotatable bonds is 6. The fourth-order valence-electron chi connectivity index (χ4n) is 5.22. The zero-order valence-corrected chi connectivity index (χ0v) is 20.0. The molecule has 0 saturated heterocycles. The standard InChI is InChI=1S/C27H37NO6/c29-25(32-22-10-4-1-5-11-22)19-16-20(26(30)33-23-12-6-2-7-13-23)18-21(17-19)28-27(31)34-24-14-8-3-9-15-24/h16-18,22-24H,1-15H2,(H,28,31). The van der Waals surface area contributed by atoms with Crippen LogP contribution in [0.5, 0.6) is 0 Å². The van der Waals surface area contributed by atoms with Gasteiger partial charge < -0.3 is 14.2 Å². The van der Waals surface area contributed by atoms with Crippen molar-refractivity contribution in [2.45, 2.75) is 115 Å². The summed E-state index contributed by atoms with van der Waals surface area (Å²) in [7, 11) is 0. The monoisotopic (exact) mass is 471 g/mol. The second-order valence-electron chi connectivity index (χ2n) is 9.92. The fraction of sp³-hybridized carbons (Fsp3) is 0.667. The van der Waals surface area contributed by atoms with Gasteiger partial charge in [0.15, 0.2) is 0 Å². The first kappa shape index (κ1) is 24.6. The molecule has 3 aliphatic rings. The molecule has 0 aliphatic heterocycles. The van der Waals surface area contributed by atoms with Crippen LogP contribution in [0.4, 0.5) is 10.5 Å². The van der Waals surface area contributed by atoms with Gasteiger partial charge in [-0.3, -0.25) is 5.32 Å². The van der Waals surface area contributed by atoms with Gasteiger partial charge in [-0.25, -0.2) is 14.4 Å². The summed E-state index contributed by atoms with van der Waals surface area (Å²) in [4.78, 5) is 38.3. The predicted octanol–water partition coefficient (Wildman–Crippen LogP) is 6.55. The molecule has 34 heavy (non-hydrogen) atoms. The van der Waals surface area contributed by atoms with Crippen molar-refractivity contribution >= 4 is 23.7 Å². The topological polar surface area (TPSA) is 90.9 Å². The summed E-state index contributed by atoms with van der Waals surface area (Å²) < 4.78 is 17.0. The first-order valence-electron chi connectivity index (χ1n) is 13.1. The molecule has 0 radical (unpaired) electrons. The van der Waals surface area contributed by atoms with Crippen LogP contribution in [0.2, 0.25) is 0 Å². The largest absolute Gasteiger partial charge is 0.459 e. The number of amides is 1. The Morgan fingerprint density at radius 3 is 1.35 bits per heavy atom. The molecular weight excluding hydrogens is 434 g/mol. The van der Waals surface area contributed by atoms with Crippen LogP contribution in [0.3, 0.4) is 0 Å². The van der Waals surface area contributed by atoms with E-state index in [1.54, 1.807) is 12.1 Å². The van der Waals surface area contributed by atoms with Gasteiger partial charge in [0.25, 0.3) is 0 Å². The van der Waals surface area contributed by atoms with E-state index in [1.807, 2.05) is 0 Å². The van der Waals surface area contributed by atoms with Crippen LogP contribution in [0.25, 0.3) is 0 Å². The molecule has 1 amide bonds. The number of anilines is 1. The van der Waals surface area contributed by atoms with E-state index in [9.17, 15) is 14.4 Å². The van der Waals surface area contributed by atoms with Crippen LogP contribution in [0.15, 0.2) is 18.2 Å². The lowest BCUT2D eigenvalue weighted by molar-refractivity contribution is 0.0209. The molecular formula is C27H37NO6. The Balaban J connectivity index is 1.47. The van der Waals surface area contributed by atoms with E-state index < -0.39 is 18.0 Å². The summed E-state index contributed by atoms with van der Waals surface area (Å²) in [6.45, 7) is 0. The number of nitrogens with one attached hydrogen (secondary N) is 1. The molecule has 0 unspecified atom stereocenters. The molecule has 7 nitrogen and oxygen atoms in total. The molecule has 0 bridgehead atoms. The summed E-state index contributed by atoms with van der Waals surface area (Å²) in [6.07, 6.45) is 14.0. The SMILES string of the molecule is O=C(Nc1cc(C(=O)OC2CCCCC2)cc(C(=O)OC2CCCCC2)c1)OC1CCCCC1. The van der Waals surface area contributed by atoms with Gasteiger partial charge in [-0.2, -0.15) is 0 Å². The van der Waals surface area contributed by atoms with Gasteiger partial charge in [0, 0.05) is 5.69 Å². The fourth-order valence-corrected chi connectivity index (χ4v) is 5.22. The lowest BCUT2D eigenvalue weighted by Gasteiger charge is -2.23. The molecule has 0 heterocycles. The third-order valence-electron chi connectivity index (χ3n) is 7.13. The first-order valence-corrected chi connectivity index (χ1v) is 13.1. The third-order valence-corrected chi connectivity index (χ3v) is 7.13. The van der Waals surface area contributed by atoms with E-state index in [1.165, 1.54) is 12.5 Å². The van der Waals surface area contributed by atoms with Crippen LogP contribution < -0.4 is 5.32 Å². The molecule has 0 atom stereocenters. The van der Waals surface area contributed by atoms with E-state index >= 15 is 0 Å². The summed E-state index contributed by atoms with van der Waals surface area (Å²) in [6, 6.07) is 4.60. The summed E-state index contributed by atoms with van der Waals surface area (Å²) in [5, 5.41) is 2.71. The van der Waals surface area contributed by atoms with Gasteiger partial charge >= 0.3 is 18.0 Å². The Bertz CT molecular complexity index is 800. The lowest BCUT2D eigenvalue weighted by Crippen LogP contribution is -2.25. The van der Waals surface area contributed by atoms with Crippen molar-refractivity contribution in [2.24, 2.45) is 0 Å². The normalized spacial score (nSPS) is 20.4. The highest BCUT2D eigenvalue weighted by atomic mass is 16.6. The third kappa shape index (κ3) is 7.21. The van der Waals surface area contributed by atoms with Crippen LogP contribution >= 0.6 is 0 Å². The Hall–Kier alpha value is -2.57. The molecule has 0 aromatic heterocycles. The van der Waals surface area contributed by atoms with E-state index in [0.29, 0.717) is 5.69 Å². The highest BCUT2D eigenvalue weighted by molar-refractivity contribution is 5.98. The van der Waals surface area contributed by atoms with E-state index in [-0.39, 0.29) is 29.4 Å². The Morgan fingerprint density at radius 2 is 0.941 bits per heavy atom. The van der Waals surface area contributed by atoms with Crippen LogP contribution in [0.1, 0.15) is 117 Å². The van der Waals surface area contributed by atoms with Gasteiger partial charge in [-0.1, -0.05) is 19.3 Å². The van der Waals surface area contributed by atoms with Crippen molar-refractivity contribution in [1.29, 1.82) is 0 Å². The molecule has 186 valence electrons. The quantitative estimate of drug-likeness (QED) is 0.374. The number of ether oxygens (including phenoxy) is 3. The molecule has 1 aromatic carbocycles. The van der Waals surface area contributed by atoms with Gasteiger partial charge in [-0.15, -0.1) is 0 Å². The molecule has 1 aromatic rings. The van der Waals surface area contributed by atoms with Crippen LogP contribution in [-0.4, -0.2) is 36.3 Å². The van der Waals surface area contributed by atoms with Gasteiger partial charge in [-0.05, 0) is 95.2 Å². The highest BCUT2D eigenvalue weighted by Gasteiger charge is 2.24. The Kier molecular flexibility index (Phi) is 8.83. The van der Waals surface area contributed by atoms with Gasteiger partial charge in [0.2, 0.25) is 0 Å². The number of carbonyl (C=O) groups excluding carboxylic acids is 3. The second-order valence-corrected chi connectivity index (χ2v) is 9.92. The summed E-state index contributed by atoms with van der Waals surface area (Å²) >= 11 is 0. The minimum absolute atomic E-state index is 0.0936. The van der Waals surface area contributed by atoms with Gasteiger partial charge in [0.1, 0.15) is 18.3 Å². The number of hydrogen-bond acceptors (Lipinski definition) is 6. The lowest BCUT2D eigenvalue weighted by atomic mass is 9.97. The van der Waals surface area contributed by atoms with E-state index in [4.69, 9.17) is 14.2 Å². The molecule has 1 N–H and O–H groups in total. The molecule has 4 rings (SSSR count). The highest BCUT2D eigenvalue weighted by Crippen LogP contribution is 2.26. The number of carbonyl (C=O) groups is 3. The second kappa shape index (κ2) is 12.2. The summed E-state index contributed by atoms with van der Waals surface area (Å²) in [5.74, 6) is -0.967.